The molecule has 7 nitrogen and oxygen atoms in total. The van der Waals surface area contributed by atoms with Crippen molar-refractivity contribution in [2.45, 2.75) is 18.8 Å². The first-order valence-corrected chi connectivity index (χ1v) is 7.73. The van der Waals surface area contributed by atoms with Gasteiger partial charge in [0.2, 0.25) is 5.91 Å². The summed E-state index contributed by atoms with van der Waals surface area (Å²) < 4.78 is 0. The molecule has 23 heavy (non-hydrogen) atoms. The van der Waals surface area contributed by atoms with Gasteiger partial charge in [-0.2, -0.15) is 0 Å². The average Bonchev–Trinajstić information content (AvgIpc) is 2.97. The molecule has 0 spiro atoms. The first-order valence-electron chi connectivity index (χ1n) is 7.73. The molecule has 0 bridgehead atoms. The van der Waals surface area contributed by atoms with Gasteiger partial charge in [-0.3, -0.25) is 19.2 Å². The van der Waals surface area contributed by atoms with Gasteiger partial charge < -0.3 is 10.2 Å². The zero-order valence-corrected chi connectivity index (χ0v) is 12.7. The molecule has 3 amide bonds. The van der Waals surface area contributed by atoms with Crippen LogP contribution in [0, 0.1) is 0 Å². The number of benzene rings is 1. The van der Waals surface area contributed by atoms with Crippen LogP contribution < -0.4 is 10.8 Å². The Labute approximate surface area is 133 Å². The predicted octanol–water partition coefficient (Wildman–Crippen LogP) is 0.184. The van der Waals surface area contributed by atoms with Gasteiger partial charge in [-0.1, -0.05) is 18.2 Å². The molecule has 0 saturated carbocycles. The SMILES string of the molecule is O=C1NCC(C(=O)NOCCN2CCCC2=O)c2ccccc21. The summed E-state index contributed by atoms with van der Waals surface area (Å²) in [5, 5.41) is 2.70. The number of amides is 3. The van der Waals surface area contributed by atoms with Gasteiger partial charge in [0.1, 0.15) is 0 Å². The van der Waals surface area contributed by atoms with Crippen molar-refractivity contribution in [2.75, 3.05) is 26.2 Å². The van der Waals surface area contributed by atoms with Crippen molar-refractivity contribution in [1.29, 1.82) is 0 Å². The lowest BCUT2D eigenvalue weighted by Gasteiger charge is -2.24. The topological polar surface area (TPSA) is 87.7 Å². The van der Waals surface area contributed by atoms with Crippen LogP contribution >= 0.6 is 0 Å². The fraction of sp³-hybridized carbons (Fsp3) is 0.438. The zero-order chi connectivity index (χ0) is 16.2. The summed E-state index contributed by atoms with van der Waals surface area (Å²) in [7, 11) is 0. The Bertz CT molecular complexity index is 632. The summed E-state index contributed by atoms with van der Waals surface area (Å²) in [5.74, 6) is -0.815. The lowest BCUT2D eigenvalue weighted by molar-refractivity contribution is -0.136. The third-order valence-electron chi connectivity index (χ3n) is 4.17. The Morgan fingerprint density at radius 3 is 2.96 bits per heavy atom. The minimum absolute atomic E-state index is 0.129. The molecule has 7 heteroatoms. The fourth-order valence-electron chi connectivity index (χ4n) is 2.93. The number of likely N-dealkylation sites (tertiary alicyclic amines) is 1. The van der Waals surface area contributed by atoms with Crippen molar-refractivity contribution in [1.82, 2.24) is 15.7 Å². The van der Waals surface area contributed by atoms with Crippen molar-refractivity contribution in [3.05, 3.63) is 35.4 Å². The number of hydroxylamine groups is 1. The maximum atomic E-state index is 12.3. The van der Waals surface area contributed by atoms with Crippen molar-refractivity contribution >= 4 is 17.7 Å². The first-order chi connectivity index (χ1) is 11.2. The standard InChI is InChI=1S/C16H19N3O4/c20-14-6-3-7-19(14)8-9-23-18-16(22)13-10-17-15(21)12-5-2-1-4-11(12)13/h1-2,4-5,13H,3,6-10H2,(H,17,21)(H,18,22). The van der Waals surface area contributed by atoms with E-state index < -0.39 is 5.92 Å². The van der Waals surface area contributed by atoms with E-state index in [0.717, 1.165) is 13.0 Å². The molecular formula is C16H19N3O4. The first kappa shape index (κ1) is 15.5. The molecule has 1 fully saturated rings. The molecule has 1 unspecified atom stereocenters. The van der Waals surface area contributed by atoms with E-state index in [1.807, 2.05) is 0 Å². The molecule has 0 radical (unpaired) electrons. The number of nitrogens with one attached hydrogen (secondary N) is 2. The second-order valence-corrected chi connectivity index (χ2v) is 5.65. The van der Waals surface area contributed by atoms with Crippen LogP contribution in [0.3, 0.4) is 0 Å². The third-order valence-corrected chi connectivity index (χ3v) is 4.17. The molecule has 2 heterocycles. The number of fused-ring (bicyclic) bond motifs is 1. The maximum Gasteiger partial charge on any atom is 0.252 e. The van der Waals surface area contributed by atoms with Gasteiger partial charge in [0, 0.05) is 31.6 Å². The van der Waals surface area contributed by atoms with Crippen molar-refractivity contribution in [2.24, 2.45) is 0 Å². The molecule has 2 aliphatic heterocycles. The van der Waals surface area contributed by atoms with E-state index >= 15 is 0 Å². The Morgan fingerprint density at radius 2 is 2.17 bits per heavy atom. The van der Waals surface area contributed by atoms with E-state index in [0.29, 0.717) is 24.1 Å². The van der Waals surface area contributed by atoms with E-state index in [9.17, 15) is 14.4 Å². The normalized spacial score (nSPS) is 20.2. The third kappa shape index (κ3) is 3.34. The van der Waals surface area contributed by atoms with Crippen LogP contribution in [-0.4, -0.2) is 48.9 Å². The van der Waals surface area contributed by atoms with E-state index in [-0.39, 0.29) is 30.9 Å². The Balaban J connectivity index is 1.52. The molecule has 0 aliphatic carbocycles. The Kier molecular flexibility index (Phi) is 4.57. The highest BCUT2D eigenvalue weighted by molar-refractivity contribution is 6.00. The van der Waals surface area contributed by atoms with Gasteiger partial charge in [-0.25, -0.2) is 5.48 Å². The molecule has 2 aliphatic rings. The number of nitrogens with zero attached hydrogens (tertiary/aromatic N) is 1. The fourth-order valence-corrected chi connectivity index (χ4v) is 2.93. The smallest absolute Gasteiger partial charge is 0.252 e. The average molecular weight is 317 g/mol. The van der Waals surface area contributed by atoms with Crippen LogP contribution in [0.25, 0.3) is 0 Å². The van der Waals surface area contributed by atoms with Crippen LogP contribution in [-0.2, 0) is 14.4 Å². The van der Waals surface area contributed by atoms with Gasteiger partial charge in [-0.05, 0) is 18.1 Å². The van der Waals surface area contributed by atoms with E-state index in [4.69, 9.17) is 4.84 Å². The van der Waals surface area contributed by atoms with Crippen molar-refractivity contribution in [3.8, 4) is 0 Å². The van der Waals surface area contributed by atoms with Gasteiger partial charge in [0.05, 0.1) is 12.5 Å². The van der Waals surface area contributed by atoms with Gasteiger partial charge >= 0.3 is 0 Å². The van der Waals surface area contributed by atoms with Crippen molar-refractivity contribution in [3.63, 3.8) is 0 Å². The lowest BCUT2D eigenvalue weighted by Crippen LogP contribution is -2.42. The molecule has 1 saturated heterocycles. The van der Waals surface area contributed by atoms with E-state index in [1.54, 1.807) is 29.2 Å². The summed E-state index contributed by atoms with van der Waals surface area (Å²) >= 11 is 0. The maximum absolute atomic E-state index is 12.3. The number of hydrogen-bond acceptors (Lipinski definition) is 4. The summed E-state index contributed by atoms with van der Waals surface area (Å²) in [6.45, 7) is 1.71. The molecule has 2 N–H and O–H groups in total. The van der Waals surface area contributed by atoms with Crippen LogP contribution in [0.2, 0.25) is 0 Å². The second kappa shape index (κ2) is 6.78. The monoisotopic (exact) mass is 317 g/mol. The number of hydrogen-bond donors (Lipinski definition) is 2. The van der Waals surface area contributed by atoms with E-state index in [1.165, 1.54) is 0 Å². The molecule has 0 aromatic heterocycles. The van der Waals surface area contributed by atoms with Gasteiger partial charge in [-0.15, -0.1) is 0 Å². The molecule has 1 aromatic carbocycles. The molecule has 3 rings (SSSR count). The van der Waals surface area contributed by atoms with Crippen LogP contribution in [0.4, 0.5) is 0 Å². The quantitative estimate of drug-likeness (QED) is 0.599. The molecule has 1 atom stereocenters. The molecule has 122 valence electrons. The summed E-state index contributed by atoms with van der Waals surface area (Å²) in [4.78, 5) is 42.4. The molecular weight excluding hydrogens is 298 g/mol. The predicted molar refractivity (Wildman–Crippen MR) is 81.4 cm³/mol. The summed E-state index contributed by atoms with van der Waals surface area (Å²) in [6, 6.07) is 7.05. The Morgan fingerprint density at radius 1 is 1.35 bits per heavy atom. The summed E-state index contributed by atoms with van der Waals surface area (Å²) in [6.07, 6.45) is 1.47. The van der Waals surface area contributed by atoms with Gasteiger partial charge in [0.25, 0.3) is 11.8 Å². The van der Waals surface area contributed by atoms with Crippen LogP contribution in [0.5, 0.6) is 0 Å². The number of carbonyl (C=O) groups excluding carboxylic acids is 3. The van der Waals surface area contributed by atoms with Crippen LogP contribution in [0.15, 0.2) is 24.3 Å². The number of carbonyl (C=O) groups is 3. The largest absolute Gasteiger partial charge is 0.351 e. The highest BCUT2D eigenvalue weighted by atomic mass is 16.7. The summed E-state index contributed by atoms with van der Waals surface area (Å²) in [5.41, 5.74) is 3.64. The van der Waals surface area contributed by atoms with Gasteiger partial charge in [0.15, 0.2) is 0 Å². The highest BCUT2D eigenvalue weighted by Crippen LogP contribution is 2.23. The lowest BCUT2D eigenvalue weighted by atomic mass is 9.90. The highest BCUT2D eigenvalue weighted by Gasteiger charge is 2.30. The molecule has 1 aromatic rings. The second-order valence-electron chi connectivity index (χ2n) is 5.65. The van der Waals surface area contributed by atoms with Crippen LogP contribution in [0.1, 0.15) is 34.7 Å². The van der Waals surface area contributed by atoms with E-state index in [2.05, 4.69) is 10.8 Å². The number of rotatable bonds is 5. The minimum Gasteiger partial charge on any atom is -0.351 e. The minimum atomic E-state index is -0.475. The van der Waals surface area contributed by atoms with Crippen molar-refractivity contribution < 1.29 is 19.2 Å². The Hall–Kier alpha value is -2.41. The zero-order valence-electron chi connectivity index (χ0n) is 12.7.